The van der Waals surface area contributed by atoms with Gasteiger partial charge in [-0.05, 0) is 6.42 Å². The molecule has 0 heterocycles. The molecule has 90 valence electrons. The van der Waals surface area contributed by atoms with Crippen LogP contribution in [-0.4, -0.2) is 38.8 Å². The first-order valence-corrected chi connectivity index (χ1v) is 5.97. The minimum atomic E-state index is -3.67. The van der Waals surface area contributed by atoms with Gasteiger partial charge in [0.15, 0.2) is 0 Å². The summed E-state index contributed by atoms with van der Waals surface area (Å²) >= 11 is 0. The molecule has 0 radical (unpaired) electrons. The van der Waals surface area contributed by atoms with Crippen LogP contribution in [0.4, 0.5) is 0 Å². The van der Waals surface area contributed by atoms with Crippen LogP contribution in [0, 0.1) is 0 Å². The summed E-state index contributed by atoms with van der Waals surface area (Å²) in [6.45, 7) is 1.87. The molecular formula is C7H17N3O4S. The molecule has 0 saturated heterocycles. The highest BCUT2D eigenvalue weighted by Crippen LogP contribution is 1.97. The van der Waals surface area contributed by atoms with E-state index in [2.05, 4.69) is 4.84 Å². The minimum Gasteiger partial charge on any atom is -0.368 e. The van der Waals surface area contributed by atoms with E-state index >= 15 is 0 Å². The van der Waals surface area contributed by atoms with Gasteiger partial charge in [-0.15, -0.1) is 0 Å². The summed E-state index contributed by atoms with van der Waals surface area (Å²) in [5, 5.41) is 0. The average Bonchev–Trinajstić information content (AvgIpc) is 2.13. The summed E-state index contributed by atoms with van der Waals surface area (Å²) in [5.74, 6) is -0.742. The Bertz CT molecular complexity index is 291. The van der Waals surface area contributed by atoms with Crippen LogP contribution in [0.25, 0.3) is 0 Å². The Kier molecular flexibility index (Phi) is 6.41. The molecule has 0 aromatic carbocycles. The zero-order valence-electron chi connectivity index (χ0n) is 8.89. The van der Waals surface area contributed by atoms with Crippen LogP contribution in [0.5, 0.6) is 0 Å². The van der Waals surface area contributed by atoms with Crippen LogP contribution in [-0.2, 0) is 19.8 Å². The highest BCUT2D eigenvalue weighted by Gasteiger charge is 2.16. The van der Waals surface area contributed by atoms with Crippen molar-refractivity contribution in [3.8, 4) is 0 Å². The van der Waals surface area contributed by atoms with Crippen molar-refractivity contribution in [3.05, 3.63) is 0 Å². The van der Waals surface area contributed by atoms with Crippen molar-refractivity contribution in [3.63, 3.8) is 0 Å². The number of amides is 1. The molecule has 0 aromatic heterocycles. The molecule has 15 heavy (non-hydrogen) atoms. The fraction of sp³-hybridized carbons (Fsp3) is 0.857. The predicted molar refractivity (Wildman–Crippen MR) is 54.7 cm³/mol. The van der Waals surface area contributed by atoms with E-state index in [1.54, 1.807) is 4.89 Å². The van der Waals surface area contributed by atoms with Gasteiger partial charge in [0.05, 0.1) is 0 Å². The topological polar surface area (TPSA) is 102 Å². The third-order valence-electron chi connectivity index (χ3n) is 1.62. The summed E-state index contributed by atoms with van der Waals surface area (Å²) in [5.41, 5.74) is 4.77. The zero-order chi connectivity index (χ0) is 11.9. The van der Waals surface area contributed by atoms with Crippen LogP contribution in [0.1, 0.15) is 19.8 Å². The third kappa shape index (κ3) is 6.39. The largest absolute Gasteiger partial charge is 0.368 e. The van der Waals surface area contributed by atoms with E-state index in [1.165, 1.54) is 7.05 Å². The van der Waals surface area contributed by atoms with Gasteiger partial charge in [-0.1, -0.05) is 18.2 Å². The SMILES string of the molecule is CCCCN(C)S(=O)(=O)NOCC(N)=O. The molecule has 0 aliphatic rings. The second-order valence-electron chi connectivity index (χ2n) is 3.02. The van der Waals surface area contributed by atoms with Gasteiger partial charge in [0.25, 0.3) is 0 Å². The minimum absolute atomic E-state index is 0.395. The van der Waals surface area contributed by atoms with Gasteiger partial charge in [0.2, 0.25) is 5.91 Å². The Labute approximate surface area is 89.7 Å². The van der Waals surface area contributed by atoms with Crippen molar-refractivity contribution >= 4 is 16.1 Å². The Morgan fingerprint density at radius 1 is 1.53 bits per heavy atom. The van der Waals surface area contributed by atoms with E-state index in [0.717, 1.165) is 17.1 Å². The molecule has 0 fully saturated rings. The lowest BCUT2D eigenvalue weighted by atomic mass is 10.3. The van der Waals surface area contributed by atoms with E-state index in [-0.39, 0.29) is 0 Å². The van der Waals surface area contributed by atoms with Gasteiger partial charge in [-0.25, -0.2) is 0 Å². The standard InChI is InChI=1S/C7H17N3O4S/c1-3-4-5-10(2)15(12,13)9-14-6-7(8)11/h9H,3-6H2,1-2H3,(H2,8,11). The molecule has 0 bridgehead atoms. The molecule has 0 aliphatic carbocycles. The van der Waals surface area contributed by atoms with Crippen molar-refractivity contribution in [1.29, 1.82) is 0 Å². The first-order chi connectivity index (χ1) is 6.90. The maximum atomic E-state index is 11.4. The maximum Gasteiger partial charge on any atom is 0.301 e. The number of hydrogen-bond acceptors (Lipinski definition) is 4. The van der Waals surface area contributed by atoms with Gasteiger partial charge < -0.3 is 5.73 Å². The highest BCUT2D eigenvalue weighted by molar-refractivity contribution is 7.86. The van der Waals surface area contributed by atoms with Crippen LogP contribution in [0.3, 0.4) is 0 Å². The van der Waals surface area contributed by atoms with Gasteiger partial charge in [-0.2, -0.15) is 12.7 Å². The Hall–Kier alpha value is -0.700. The average molecular weight is 239 g/mol. The lowest BCUT2D eigenvalue weighted by Gasteiger charge is -2.16. The number of nitrogens with one attached hydrogen (secondary N) is 1. The Balaban J connectivity index is 4.00. The van der Waals surface area contributed by atoms with Crippen LogP contribution in [0.2, 0.25) is 0 Å². The van der Waals surface area contributed by atoms with Crippen molar-refractivity contribution in [2.75, 3.05) is 20.2 Å². The highest BCUT2D eigenvalue weighted by atomic mass is 32.2. The van der Waals surface area contributed by atoms with Gasteiger partial charge in [-0.3, -0.25) is 9.63 Å². The fourth-order valence-electron chi connectivity index (χ4n) is 0.740. The molecule has 0 aromatic rings. The van der Waals surface area contributed by atoms with Crippen LogP contribution >= 0.6 is 0 Å². The second kappa shape index (κ2) is 6.72. The van der Waals surface area contributed by atoms with Crippen molar-refractivity contribution in [2.45, 2.75) is 19.8 Å². The van der Waals surface area contributed by atoms with E-state index in [0.29, 0.717) is 6.54 Å². The van der Waals surface area contributed by atoms with Gasteiger partial charge >= 0.3 is 10.2 Å². The van der Waals surface area contributed by atoms with Crippen LogP contribution in [0.15, 0.2) is 0 Å². The molecule has 0 atom stereocenters. The zero-order valence-corrected chi connectivity index (χ0v) is 9.71. The lowest BCUT2D eigenvalue weighted by molar-refractivity contribution is -0.123. The smallest absolute Gasteiger partial charge is 0.301 e. The second-order valence-corrected chi connectivity index (χ2v) is 4.76. The molecule has 0 saturated carbocycles. The van der Waals surface area contributed by atoms with E-state index in [1.807, 2.05) is 6.92 Å². The monoisotopic (exact) mass is 239 g/mol. The van der Waals surface area contributed by atoms with Gasteiger partial charge in [0, 0.05) is 13.6 Å². The van der Waals surface area contributed by atoms with Crippen molar-refractivity contribution < 1.29 is 18.0 Å². The predicted octanol–water partition coefficient (Wildman–Crippen LogP) is -1.03. The molecular weight excluding hydrogens is 222 g/mol. The lowest BCUT2D eigenvalue weighted by Crippen LogP contribution is -2.40. The molecule has 1 amide bonds. The molecule has 8 heteroatoms. The maximum absolute atomic E-state index is 11.4. The molecule has 7 nitrogen and oxygen atoms in total. The number of nitrogens with two attached hydrogens (primary N) is 1. The van der Waals surface area contributed by atoms with Crippen LogP contribution < -0.4 is 10.6 Å². The van der Waals surface area contributed by atoms with E-state index in [9.17, 15) is 13.2 Å². The number of unbranched alkanes of at least 4 members (excludes halogenated alkanes) is 1. The molecule has 0 unspecified atom stereocenters. The van der Waals surface area contributed by atoms with Crippen molar-refractivity contribution in [2.24, 2.45) is 5.73 Å². The number of primary amides is 1. The summed E-state index contributed by atoms with van der Waals surface area (Å²) in [6, 6.07) is 0. The molecule has 0 spiro atoms. The van der Waals surface area contributed by atoms with Gasteiger partial charge in [0.1, 0.15) is 6.61 Å². The number of rotatable bonds is 8. The quantitative estimate of drug-likeness (QED) is 0.529. The molecule has 0 rings (SSSR count). The number of hydrogen-bond donors (Lipinski definition) is 2. The number of carbonyl (C=O) groups is 1. The van der Waals surface area contributed by atoms with E-state index in [4.69, 9.17) is 5.73 Å². The normalized spacial score (nSPS) is 11.9. The molecule has 3 N–H and O–H groups in total. The summed E-state index contributed by atoms with van der Waals surface area (Å²) in [6.07, 6.45) is 1.65. The third-order valence-corrected chi connectivity index (χ3v) is 2.95. The molecule has 0 aliphatic heterocycles. The number of carbonyl (C=O) groups excluding carboxylic acids is 1. The Morgan fingerprint density at radius 2 is 2.13 bits per heavy atom. The van der Waals surface area contributed by atoms with Crippen molar-refractivity contribution in [1.82, 2.24) is 9.19 Å². The summed E-state index contributed by atoms with van der Waals surface area (Å²) < 4.78 is 23.8. The first kappa shape index (κ1) is 14.3. The summed E-state index contributed by atoms with van der Waals surface area (Å²) in [7, 11) is -2.25. The first-order valence-electron chi connectivity index (χ1n) is 4.53. The fourth-order valence-corrected chi connectivity index (χ4v) is 1.44. The Morgan fingerprint density at radius 3 is 2.60 bits per heavy atom. The summed E-state index contributed by atoms with van der Waals surface area (Å²) in [4.78, 5) is 16.5. The number of nitrogens with zero attached hydrogens (tertiary/aromatic N) is 1. The van der Waals surface area contributed by atoms with E-state index < -0.39 is 22.7 Å².